The van der Waals surface area contributed by atoms with Gasteiger partial charge in [0.25, 0.3) is 0 Å². The number of aryl methyl sites for hydroxylation is 1. The van der Waals surface area contributed by atoms with Crippen molar-refractivity contribution in [3.05, 3.63) is 66.4 Å². The molecule has 1 unspecified atom stereocenters. The van der Waals surface area contributed by atoms with Crippen molar-refractivity contribution in [2.45, 2.75) is 32.9 Å². The minimum Gasteiger partial charge on any atom is -0.495 e. The van der Waals surface area contributed by atoms with Gasteiger partial charge in [0.05, 0.1) is 19.3 Å². The van der Waals surface area contributed by atoms with Crippen molar-refractivity contribution in [3.63, 3.8) is 0 Å². The number of imidazole rings is 1. The molecule has 1 aliphatic heterocycles. The Balaban J connectivity index is 0.00000306. The van der Waals surface area contributed by atoms with E-state index in [1.54, 1.807) is 13.3 Å². The summed E-state index contributed by atoms with van der Waals surface area (Å²) >= 11 is 0. The zero-order chi connectivity index (χ0) is 22.3. The van der Waals surface area contributed by atoms with Crippen LogP contribution in [0.1, 0.15) is 24.7 Å². The second kappa shape index (κ2) is 11.9. The first-order chi connectivity index (χ1) is 15.7. The molecule has 0 saturated carbocycles. The molecule has 0 spiro atoms. The van der Waals surface area contributed by atoms with E-state index in [0.29, 0.717) is 12.6 Å². The lowest BCUT2D eigenvalue weighted by Gasteiger charge is -2.22. The molecule has 1 aromatic carbocycles. The molecule has 2 N–H and O–H groups in total. The van der Waals surface area contributed by atoms with Crippen molar-refractivity contribution >= 4 is 35.6 Å². The van der Waals surface area contributed by atoms with E-state index in [-0.39, 0.29) is 24.0 Å². The maximum absolute atomic E-state index is 5.53. The summed E-state index contributed by atoms with van der Waals surface area (Å²) in [6, 6.07) is 12.6. The Hall–Kier alpha value is -2.82. The Labute approximate surface area is 212 Å². The van der Waals surface area contributed by atoms with E-state index in [9.17, 15) is 0 Å². The third-order valence-electron chi connectivity index (χ3n) is 5.60. The minimum atomic E-state index is 0. The molecule has 1 fully saturated rings. The molecule has 1 saturated heterocycles. The maximum atomic E-state index is 5.53. The van der Waals surface area contributed by atoms with E-state index in [1.165, 1.54) is 0 Å². The molecule has 9 heteroatoms. The number of halogens is 1. The minimum absolute atomic E-state index is 0. The largest absolute Gasteiger partial charge is 0.495 e. The molecule has 2 aromatic heterocycles. The normalized spacial score (nSPS) is 15.8. The molecule has 4 rings (SSSR count). The van der Waals surface area contributed by atoms with Gasteiger partial charge >= 0.3 is 0 Å². The van der Waals surface area contributed by atoms with E-state index in [1.807, 2.05) is 42.1 Å². The van der Waals surface area contributed by atoms with Gasteiger partial charge in [-0.25, -0.2) is 15.0 Å². The molecule has 0 aliphatic carbocycles. The third-order valence-corrected chi connectivity index (χ3v) is 5.60. The summed E-state index contributed by atoms with van der Waals surface area (Å²) in [5.74, 6) is 3.52. The summed E-state index contributed by atoms with van der Waals surface area (Å²) < 4.78 is 7.49. The monoisotopic (exact) mass is 561 g/mol. The van der Waals surface area contributed by atoms with Gasteiger partial charge in [-0.15, -0.1) is 24.0 Å². The van der Waals surface area contributed by atoms with Gasteiger partial charge in [0.15, 0.2) is 5.96 Å². The van der Waals surface area contributed by atoms with Crippen LogP contribution in [0.4, 0.5) is 5.69 Å². The van der Waals surface area contributed by atoms with Crippen molar-refractivity contribution in [1.82, 2.24) is 25.2 Å². The Morgan fingerprint density at radius 2 is 2.06 bits per heavy atom. The predicted molar refractivity (Wildman–Crippen MR) is 143 cm³/mol. The smallest absolute Gasteiger partial charge is 0.191 e. The van der Waals surface area contributed by atoms with Crippen LogP contribution >= 0.6 is 24.0 Å². The number of nitrogens with zero attached hydrogens (tertiary/aromatic N) is 5. The third kappa shape index (κ3) is 6.16. The second-order valence-electron chi connectivity index (χ2n) is 7.81. The number of hydrogen-bond acceptors (Lipinski definition) is 5. The van der Waals surface area contributed by atoms with Crippen LogP contribution in [0.3, 0.4) is 0 Å². The number of benzene rings is 1. The number of guanidine groups is 1. The van der Waals surface area contributed by atoms with Crippen LogP contribution in [0, 0.1) is 6.92 Å². The van der Waals surface area contributed by atoms with E-state index >= 15 is 0 Å². The topological polar surface area (TPSA) is 79.6 Å². The maximum Gasteiger partial charge on any atom is 0.191 e. The number of methoxy groups -OCH3 is 1. The Kier molecular flexibility index (Phi) is 8.93. The van der Waals surface area contributed by atoms with Crippen LogP contribution in [0.5, 0.6) is 5.75 Å². The summed E-state index contributed by atoms with van der Waals surface area (Å²) in [5.41, 5.74) is 2.20. The lowest BCUT2D eigenvalue weighted by molar-refractivity contribution is 0.415. The summed E-state index contributed by atoms with van der Waals surface area (Å²) in [4.78, 5) is 16.0. The highest BCUT2D eigenvalue weighted by molar-refractivity contribution is 14.0. The number of rotatable bonds is 7. The molecular formula is C24H32IN7O. The van der Waals surface area contributed by atoms with Crippen molar-refractivity contribution in [2.75, 3.05) is 31.6 Å². The molecule has 1 aliphatic rings. The average Bonchev–Trinajstić information content (AvgIpc) is 3.47. The molecule has 0 radical (unpaired) electrons. The molecule has 1 atom stereocenters. The molecule has 8 nitrogen and oxygen atoms in total. The number of para-hydroxylation sites is 2. The average molecular weight is 561 g/mol. The molecule has 0 bridgehead atoms. The first-order valence-corrected chi connectivity index (χ1v) is 11.1. The highest BCUT2D eigenvalue weighted by atomic mass is 127. The van der Waals surface area contributed by atoms with Crippen molar-refractivity contribution in [3.8, 4) is 11.6 Å². The predicted octanol–water partition coefficient (Wildman–Crippen LogP) is 3.54. The highest BCUT2D eigenvalue weighted by Crippen LogP contribution is 2.30. The first-order valence-electron chi connectivity index (χ1n) is 11.1. The van der Waals surface area contributed by atoms with Crippen molar-refractivity contribution < 1.29 is 4.74 Å². The van der Waals surface area contributed by atoms with Gasteiger partial charge in [0, 0.05) is 44.3 Å². The van der Waals surface area contributed by atoms with Crippen molar-refractivity contribution in [2.24, 2.45) is 4.99 Å². The quantitative estimate of drug-likeness (QED) is 0.261. The number of ether oxygens (including phenoxy) is 1. The van der Waals surface area contributed by atoms with E-state index in [0.717, 1.165) is 60.7 Å². The van der Waals surface area contributed by atoms with Crippen LogP contribution in [-0.4, -0.2) is 53.3 Å². The fourth-order valence-corrected chi connectivity index (χ4v) is 3.94. The number of nitrogens with one attached hydrogen (secondary N) is 2. The summed E-state index contributed by atoms with van der Waals surface area (Å²) in [6.07, 6.45) is 6.62. The highest BCUT2D eigenvalue weighted by Gasteiger charge is 2.25. The van der Waals surface area contributed by atoms with Crippen LogP contribution in [0.2, 0.25) is 0 Å². The number of hydrogen-bond donors (Lipinski definition) is 2. The second-order valence-corrected chi connectivity index (χ2v) is 7.81. The summed E-state index contributed by atoms with van der Waals surface area (Å²) in [7, 11) is 1.72. The Bertz CT molecular complexity index is 1050. The van der Waals surface area contributed by atoms with Gasteiger partial charge in [-0.3, -0.25) is 4.57 Å². The van der Waals surface area contributed by atoms with Gasteiger partial charge in [-0.1, -0.05) is 18.2 Å². The molecule has 3 aromatic rings. The van der Waals surface area contributed by atoms with Gasteiger partial charge in [-0.05, 0) is 44.0 Å². The van der Waals surface area contributed by atoms with Gasteiger partial charge in [0.2, 0.25) is 0 Å². The number of pyridine rings is 1. The molecule has 33 heavy (non-hydrogen) atoms. The number of anilines is 1. The first kappa shape index (κ1) is 24.8. The standard InChI is InChI=1S/C24H31N7O.HI/c1-4-25-24(28-16-19-9-10-23(27-15-19)31-14-12-26-18(31)2)29-20-11-13-30(17-20)21-7-5-6-8-22(21)32-3;/h5-10,12,14-15,20H,4,11,13,16-17H2,1-3H3,(H2,25,28,29);1H. The van der Waals surface area contributed by atoms with Crippen LogP contribution < -0.4 is 20.3 Å². The van der Waals surface area contributed by atoms with E-state index in [2.05, 4.69) is 50.6 Å². The van der Waals surface area contributed by atoms with Crippen LogP contribution in [0.25, 0.3) is 5.82 Å². The van der Waals surface area contributed by atoms with E-state index < -0.39 is 0 Å². The SMILES string of the molecule is CCNC(=NCc1ccc(-n2ccnc2C)nc1)NC1CCN(c2ccccc2OC)C1.I. The fourth-order valence-electron chi connectivity index (χ4n) is 3.94. The van der Waals surface area contributed by atoms with Crippen molar-refractivity contribution in [1.29, 1.82) is 0 Å². The van der Waals surface area contributed by atoms with Crippen LogP contribution in [0.15, 0.2) is 60.0 Å². The summed E-state index contributed by atoms with van der Waals surface area (Å²) in [5, 5.41) is 6.95. The Morgan fingerprint density at radius 3 is 2.76 bits per heavy atom. The molecular weight excluding hydrogens is 529 g/mol. The van der Waals surface area contributed by atoms with Crippen LogP contribution in [-0.2, 0) is 6.54 Å². The Morgan fingerprint density at radius 1 is 1.21 bits per heavy atom. The van der Waals surface area contributed by atoms with E-state index in [4.69, 9.17) is 9.73 Å². The fraction of sp³-hybridized carbons (Fsp3) is 0.375. The molecule has 0 amide bonds. The number of aromatic nitrogens is 3. The lowest BCUT2D eigenvalue weighted by atomic mass is 10.2. The van der Waals surface area contributed by atoms with Gasteiger partial charge in [0.1, 0.15) is 17.4 Å². The lowest BCUT2D eigenvalue weighted by Crippen LogP contribution is -2.44. The molecule has 176 valence electrons. The van der Waals surface area contributed by atoms with Gasteiger partial charge < -0.3 is 20.3 Å². The summed E-state index contributed by atoms with van der Waals surface area (Å²) in [6.45, 7) is 7.31. The van der Waals surface area contributed by atoms with Gasteiger partial charge in [-0.2, -0.15) is 0 Å². The zero-order valence-corrected chi connectivity index (χ0v) is 21.7. The zero-order valence-electron chi connectivity index (χ0n) is 19.4. The molecule has 3 heterocycles. The number of aliphatic imine (C=N–C) groups is 1.